The molecule has 19 heteroatoms. The van der Waals surface area contributed by atoms with Crippen LogP contribution in [0.25, 0.3) is 0 Å². The van der Waals surface area contributed by atoms with Gasteiger partial charge in [0.25, 0.3) is 0 Å². The largest absolute Gasteiger partial charge is 0.472 e. The van der Waals surface area contributed by atoms with Crippen LogP contribution in [0.15, 0.2) is 0 Å². The molecule has 0 aliphatic rings. The van der Waals surface area contributed by atoms with Crippen LogP contribution < -0.4 is 0 Å². The van der Waals surface area contributed by atoms with Gasteiger partial charge in [0.05, 0.1) is 26.4 Å². The van der Waals surface area contributed by atoms with Crippen molar-refractivity contribution in [2.75, 3.05) is 39.6 Å². The van der Waals surface area contributed by atoms with Gasteiger partial charge in [0.2, 0.25) is 0 Å². The molecular formula is C73H142O17P2. The summed E-state index contributed by atoms with van der Waals surface area (Å²) < 4.78 is 68.2. The van der Waals surface area contributed by atoms with Crippen LogP contribution in [-0.2, 0) is 65.4 Å². The molecule has 0 aromatic carbocycles. The normalized spacial score (nSPS) is 14.0. The van der Waals surface area contributed by atoms with Crippen molar-refractivity contribution in [1.29, 1.82) is 0 Å². The van der Waals surface area contributed by atoms with E-state index in [1.807, 2.05) is 0 Å². The van der Waals surface area contributed by atoms with Crippen molar-refractivity contribution < 1.29 is 80.2 Å². The van der Waals surface area contributed by atoms with Gasteiger partial charge in [-0.1, -0.05) is 330 Å². The third-order valence-electron chi connectivity index (χ3n) is 17.0. The van der Waals surface area contributed by atoms with Gasteiger partial charge >= 0.3 is 39.5 Å². The molecule has 0 saturated carbocycles. The summed E-state index contributed by atoms with van der Waals surface area (Å²) in [6.07, 6.45) is 54.5. The molecule has 0 heterocycles. The zero-order valence-electron chi connectivity index (χ0n) is 59.7. The van der Waals surface area contributed by atoms with Gasteiger partial charge in [0, 0.05) is 25.7 Å². The van der Waals surface area contributed by atoms with Crippen molar-refractivity contribution in [3.05, 3.63) is 0 Å². The summed E-state index contributed by atoms with van der Waals surface area (Å²) >= 11 is 0. The van der Waals surface area contributed by atoms with E-state index in [4.69, 9.17) is 37.0 Å². The fourth-order valence-corrected chi connectivity index (χ4v) is 12.8. The average Bonchev–Trinajstić information content (AvgIpc) is 1.86. The topological polar surface area (TPSA) is 237 Å². The molecule has 92 heavy (non-hydrogen) atoms. The fourth-order valence-electron chi connectivity index (χ4n) is 11.2. The molecule has 0 aliphatic carbocycles. The first-order valence-corrected chi connectivity index (χ1v) is 41.1. The van der Waals surface area contributed by atoms with Crippen LogP contribution in [0, 0.1) is 5.92 Å². The van der Waals surface area contributed by atoms with E-state index in [-0.39, 0.29) is 25.7 Å². The molecule has 0 fully saturated rings. The highest BCUT2D eigenvalue weighted by Gasteiger charge is 2.30. The van der Waals surface area contributed by atoms with E-state index in [0.29, 0.717) is 25.7 Å². The minimum atomic E-state index is -4.95. The molecule has 0 aromatic rings. The standard InChI is InChI=1S/C73H142O17P2/c1-6-9-12-15-17-19-21-23-24-25-26-27-28-31-36-40-44-49-54-59-73(78)90-69(63-84-71(76)57-52-47-42-38-35-32-29-30-33-37-41-46-50-55-66(4)5)65-88-92(81,82)86-61-67(74)60-85-91(79,80)87-64-68(62-83-70(75)56-51-45-14-11-8-3)89-72(77)58-53-48-43-39-34-22-20-18-16-13-10-7-2/h66-69,74H,6-65H2,1-5H3,(H,79,80)(H,81,82)/t67-,68+,69+/m0/s1. The Morgan fingerprint density at radius 2 is 0.500 bits per heavy atom. The lowest BCUT2D eigenvalue weighted by atomic mass is 10.0. The van der Waals surface area contributed by atoms with E-state index in [1.54, 1.807) is 0 Å². The number of carbonyl (C=O) groups is 4. The first kappa shape index (κ1) is 90.1. The molecule has 0 spiro atoms. The maximum Gasteiger partial charge on any atom is 0.472 e. The Bertz CT molecular complexity index is 1770. The molecule has 0 bridgehead atoms. The maximum atomic E-state index is 13.1. The number of ether oxygens (including phenoxy) is 4. The van der Waals surface area contributed by atoms with Crippen molar-refractivity contribution >= 4 is 39.5 Å². The first-order chi connectivity index (χ1) is 44.5. The summed E-state index contributed by atoms with van der Waals surface area (Å²) in [6.45, 7) is 7.20. The third-order valence-corrected chi connectivity index (χ3v) is 18.9. The Morgan fingerprint density at radius 1 is 0.293 bits per heavy atom. The van der Waals surface area contributed by atoms with E-state index < -0.39 is 97.5 Å². The van der Waals surface area contributed by atoms with Crippen LogP contribution in [0.2, 0.25) is 0 Å². The molecule has 0 radical (unpaired) electrons. The Kier molecular flexibility index (Phi) is 64.9. The van der Waals surface area contributed by atoms with E-state index >= 15 is 0 Å². The second-order valence-corrected chi connectivity index (χ2v) is 29.7. The maximum absolute atomic E-state index is 13.1. The van der Waals surface area contributed by atoms with Gasteiger partial charge in [-0.25, -0.2) is 9.13 Å². The molecule has 0 rings (SSSR count). The molecule has 3 N–H and O–H groups in total. The summed E-state index contributed by atoms with van der Waals surface area (Å²) in [5, 5.41) is 10.6. The zero-order valence-corrected chi connectivity index (χ0v) is 61.5. The van der Waals surface area contributed by atoms with Gasteiger partial charge < -0.3 is 33.8 Å². The molecule has 17 nitrogen and oxygen atoms in total. The van der Waals surface area contributed by atoms with Crippen LogP contribution in [0.1, 0.15) is 381 Å². The molecule has 0 aromatic heterocycles. The van der Waals surface area contributed by atoms with Crippen molar-refractivity contribution in [2.45, 2.75) is 400 Å². The lowest BCUT2D eigenvalue weighted by Gasteiger charge is -2.21. The highest BCUT2D eigenvalue weighted by atomic mass is 31.2. The summed E-state index contributed by atoms with van der Waals surface area (Å²) in [7, 11) is -9.89. The predicted octanol–water partition coefficient (Wildman–Crippen LogP) is 21.3. The van der Waals surface area contributed by atoms with Gasteiger partial charge in [0.15, 0.2) is 12.2 Å². The number of carbonyl (C=O) groups excluding carboxylic acids is 4. The van der Waals surface area contributed by atoms with Crippen LogP contribution in [0.4, 0.5) is 0 Å². The van der Waals surface area contributed by atoms with Crippen molar-refractivity contribution in [2.24, 2.45) is 5.92 Å². The van der Waals surface area contributed by atoms with Crippen molar-refractivity contribution in [3.8, 4) is 0 Å². The first-order valence-electron chi connectivity index (χ1n) is 38.1. The number of rotatable bonds is 73. The van der Waals surface area contributed by atoms with Crippen LogP contribution in [0.3, 0.4) is 0 Å². The number of phosphoric ester groups is 2. The van der Waals surface area contributed by atoms with Gasteiger partial charge in [-0.2, -0.15) is 0 Å². The molecule has 0 aliphatic heterocycles. The number of hydrogen-bond acceptors (Lipinski definition) is 15. The molecule has 0 amide bonds. The summed E-state index contributed by atoms with van der Waals surface area (Å²) in [5.41, 5.74) is 0. The number of hydrogen-bond donors (Lipinski definition) is 3. The molecular weight excluding hydrogens is 1210 g/mol. The van der Waals surface area contributed by atoms with E-state index in [9.17, 15) is 43.2 Å². The average molecular weight is 1350 g/mol. The Morgan fingerprint density at radius 3 is 0.739 bits per heavy atom. The lowest BCUT2D eigenvalue weighted by molar-refractivity contribution is -0.161. The van der Waals surface area contributed by atoms with Gasteiger partial charge in [0.1, 0.15) is 19.3 Å². The summed E-state index contributed by atoms with van der Waals surface area (Å²) in [4.78, 5) is 72.4. The monoisotopic (exact) mass is 1350 g/mol. The summed E-state index contributed by atoms with van der Waals surface area (Å²) in [6, 6.07) is 0. The minimum Gasteiger partial charge on any atom is -0.462 e. The quantitative estimate of drug-likeness (QED) is 0.0222. The van der Waals surface area contributed by atoms with Crippen LogP contribution in [0.5, 0.6) is 0 Å². The molecule has 0 saturated heterocycles. The predicted molar refractivity (Wildman–Crippen MR) is 372 cm³/mol. The van der Waals surface area contributed by atoms with Gasteiger partial charge in [-0.05, 0) is 31.6 Å². The second kappa shape index (κ2) is 66.3. The molecule has 546 valence electrons. The van der Waals surface area contributed by atoms with Crippen LogP contribution >= 0.6 is 15.6 Å². The third kappa shape index (κ3) is 66.7. The second-order valence-electron chi connectivity index (χ2n) is 26.8. The number of aliphatic hydroxyl groups is 1. The number of unbranched alkanes of at least 4 members (excludes halogenated alkanes) is 45. The van der Waals surface area contributed by atoms with Crippen molar-refractivity contribution in [3.63, 3.8) is 0 Å². The SMILES string of the molecule is CCCCCCCCCCCCCCCCCCCCCC(=O)O[C@H](COC(=O)CCCCCCCCCCCCCCCC(C)C)COP(=O)(O)OC[C@@H](O)COP(=O)(O)OC[C@@H](COC(=O)CCCCCCC)OC(=O)CCCCCCCCCCCCCC. The number of phosphoric acid groups is 2. The zero-order chi connectivity index (χ0) is 67.7. The van der Waals surface area contributed by atoms with Crippen LogP contribution in [-0.4, -0.2) is 96.7 Å². The Hall–Kier alpha value is -1.94. The molecule has 2 unspecified atom stereocenters. The van der Waals surface area contributed by atoms with E-state index in [2.05, 4.69) is 34.6 Å². The smallest absolute Gasteiger partial charge is 0.462 e. The Labute approximate surface area is 562 Å². The highest BCUT2D eigenvalue weighted by Crippen LogP contribution is 2.45. The molecule has 5 atom stereocenters. The number of esters is 4. The van der Waals surface area contributed by atoms with Crippen molar-refractivity contribution in [1.82, 2.24) is 0 Å². The fraction of sp³-hybridized carbons (Fsp3) is 0.945. The van der Waals surface area contributed by atoms with Gasteiger partial charge in [-0.3, -0.25) is 37.3 Å². The van der Waals surface area contributed by atoms with E-state index in [0.717, 1.165) is 102 Å². The Balaban J connectivity index is 5.14. The summed E-state index contributed by atoms with van der Waals surface area (Å²) in [5.74, 6) is -1.34. The number of aliphatic hydroxyl groups excluding tert-OH is 1. The highest BCUT2D eigenvalue weighted by molar-refractivity contribution is 7.47. The lowest BCUT2D eigenvalue weighted by Crippen LogP contribution is -2.30. The van der Waals surface area contributed by atoms with E-state index in [1.165, 1.54) is 199 Å². The van der Waals surface area contributed by atoms with Gasteiger partial charge in [-0.15, -0.1) is 0 Å². The minimum absolute atomic E-state index is 0.107.